The number of hydrogen-bond acceptors (Lipinski definition) is 5. The predicted molar refractivity (Wildman–Crippen MR) is 125 cm³/mol. The Balaban J connectivity index is 1.50. The summed E-state index contributed by atoms with van der Waals surface area (Å²) >= 11 is 1.83. The molecule has 0 bridgehead atoms. The van der Waals surface area contributed by atoms with Gasteiger partial charge < -0.3 is 4.74 Å². The molecule has 0 radical (unpaired) electrons. The lowest BCUT2D eigenvalue weighted by molar-refractivity contribution is 0.0386. The van der Waals surface area contributed by atoms with Gasteiger partial charge in [-0.05, 0) is 77.3 Å². The number of ether oxygens (including phenoxy) is 1. The minimum Gasteiger partial charge on any atom is -0.381 e. The Labute approximate surface area is 184 Å². The second-order valence-electron chi connectivity index (χ2n) is 9.17. The van der Waals surface area contributed by atoms with E-state index in [0.717, 1.165) is 49.7 Å². The van der Waals surface area contributed by atoms with Crippen LogP contribution < -0.4 is 0 Å². The summed E-state index contributed by atoms with van der Waals surface area (Å²) in [5.74, 6) is 0. The molecule has 1 fully saturated rings. The van der Waals surface area contributed by atoms with Crippen LogP contribution in [-0.4, -0.2) is 41.2 Å². The monoisotopic (exact) mass is 423 g/mol. The molecule has 0 amide bonds. The molecule has 160 valence electrons. The van der Waals surface area contributed by atoms with Gasteiger partial charge in [-0.25, -0.2) is 4.98 Å². The second-order valence-corrected chi connectivity index (χ2v) is 10.3. The molecule has 5 heteroatoms. The third-order valence-electron chi connectivity index (χ3n) is 6.71. The molecular formula is C25H33N3OS. The van der Waals surface area contributed by atoms with Gasteiger partial charge in [0.15, 0.2) is 0 Å². The maximum Gasteiger partial charge on any atom is 0.123 e. The van der Waals surface area contributed by atoms with Gasteiger partial charge >= 0.3 is 0 Å². The van der Waals surface area contributed by atoms with E-state index in [2.05, 4.69) is 59.9 Å². The van der Waals surface area contributed by atoms with Crippen molar-refractivity contribution in [3.05, 3.63) is 58.9 Å². The summed E-state index contributed by atoms with van der Waals surface area (Å²) in [5, 5.41) is 1.26. The van der Waals surface area contributed by atoms with Crippen LogP contribution in [0.5, 0.6) is 0 Å². The van der Waals surface area contributed by atoms with E-state index in [1.807, 2.05) is 36.7 Å². The SMILES string of the molecule is CCOC[C@]1(CCc2cc3cccnc3s2)CCN(C(C)(C)c2ccc(C)nc2)C1. The van der Waals surface area contributed by atoms with Gasteiger partial charge in [-0.3, -0.25) is 9.88 Å². The Morgan fingerprint density at radius 1 is 1.23 bits per heavy atom. The smallest absolute Gasteiger partial charge is 0.123 e. The zero-order chi connectivity index (χ0) is 21.2. The van der Waals surface area contributed by atoms with Gasteiger partial charge in [-0.2, -0.15) is 0 Å². The van der Waals surface area contributed by atoms with E-state index in [1.165, 1.54) is 22.2 Å². The van der Waals surface area contributed by atoms with Crippen molar-refractivity contribution in [3.8, 4) is 0 Å². The third-order valence-corrected chi connectivity index (χ3v) is 7.82. The van der Waals surface area contributed by atoms with E-state index < -0.39 is 0 Å². The van der Waals surface area contributed by atoms with Crippen LogP contribution in [0, 0.1) is 12.3 Å². The Hall–Kier alpha value is -1.82. The first-order chi connectivity index (χ1) is 14.4. The molecule has 0 N–H and O–H groups in total. The van der Waals surface area contributed by atoms with Gasteiger partial charge in [-0.1, -0.05) is 12.1 Å². The normalized spacial score (nSPS) is 20.3. The molecule has 4 nitrogen and oxygen atoms in total. The molecule has 0 unspecified atom stereocenters. The highest BCUT2D eigenvalue weighted by Gasteiger charge is 2.43. The molecule has 0 spiro atoms. The van der Waals surface area contributed by atoms with Crippen LogP contribution in [0.3, 0.4) is 0 Å². The van der Waals surface area contributed by atoms with E-state index in [-0.39, 0.29) is 11.0 Å². The number of hydrogen-bond donors (Lipinski definition) is 0. The highest BCUT2D eigenvalue weighted by atomic mass is 32.1. The molecule has 3 aromatic rings. The van der Waals surface area contributed by atoms with Crippen molar-refractivity contribution in [1.82, 2.24) is 14.9 Å². The molecule has 4 rings (SSSR count). The lowest BCUT2D eigenvalue weighted by Gasteiger charge is -2.38. The van der Waals surface area contributed by atoms with Gasteiger partial charge in [0.1, 0.15) is 4.83 Å². The van der Waals surface area contributed by atoms with Gasteiger partial charge in [0.2, 0.25) is 0 Å². The molecule has 0 saturated carbocycles. The van der Waals surface area contributed by atoms with Gasteiger partial charge in [0, 0.05) is 52.5 Å². The Kier molecular flexibility index (Phi) is 6.24. The van der Waals surface area contributed by atoms with Crippen LogP contribution in [0.1, 0.15) is 49.7 Å². The molecule has 4 heterocycles. The molecule has 1 aliphatic heterocycles. The van der Waals surface area contributed by atoms with E-state index in [0.29, 0.717) is 0 Å². The first-order valence-electron chi connectivity index (χ1n) is 11.0. The first kappa shape index (κ1) is 21.4. The lowest BCUT2D eigenvalue weighted by atomic mass is 9.82. The standard InChI is InChI=1S/C25H33N3OS/c1-5-29-18-25(11-10-22-15-20-7-6-13-26-23(20)30-22)12-14-28(17-25)24(3,4)21-9-8-19(2)27-16-21/h6-9,13,15-16H,5,10-12,14,17-18H2,1-4H3/t25-/m1/s1. The second kappa shape index (κ2) is 8.74. The average Bonchev–Trinajstić information content (AvgIpc) is 3.36. The van der Waals surface area contributed by atoms with Crippen molar-refractivity contribution in [2.45, 2.75) is 52.5 Å². The molecule has 1 atom stereocenters. The van der Waals surface area contributed by atoms with Crippen LogP contribution in [-0.2, 0) is 16.7 Å². The molecule has 0 aromatic carbocycles. The fourth-order valence-electron chi connectivity index (χ4n) is 4.57. The van der Waals surface area contributed by atoms with Crippen LogP contribution in [0.4, 0.5) is 0 Å². The Bertz CT molecular complexity index is 948. The fourth-order valence-corrected chi connectivity index (χ4v) is 5.57. The van der Waals surface area contributed by atoms with Gasteiger partial charge in [0.05, 0.1) is 6.61 Å². The van der Waals surface area contributed by atoms with E-state index in [9.17, 15) is 0 Å². The zero-order valence-corrected chi connectivity index (χ0v) is 19.5. The first-order valence-corrected chi connectivity index (χ1v) is 11.8. The van der Waals surface area contributed by atoms with Crippen molar-refractivity contribution >= 4 is 21.6 Å². The van der Waals surface area contributed by atoms with Crippen molar-refractivity contribution in [1.29, 1.82) is 0 Å². The highest BCUT2D eigenvalue weighted by molar-refractivity contribution is 7.18. The Morgan fingerprint density at radius 2 is 2.10 bits per heavy atom. The van der Waals surface area contributed by atoms with Gasteiger partial charge in [-0.15, -0.1) is 11.3 Å². The number of thiophene rings is 1. The maximum atomic E-state index is 6.00. The summed E-state index contributed by atoms with van der Waals surface area (Å²) in [6, 6.07) is 10.8. The highest BCUT2D eigenvalue weighted by Crippen LogP contribution is 2.42. The fraction of sp³-hybridized carbons (Fsp3) is 0.520. The number of rotatable bonds is 8. The molecule has 1 saturated heterocycles. The lowest BCUT2D eigenvalue weighted by Crippen LogP contribution is -2.42. The number of aryl methyl sites for hydroxylation is 2. The summed E-state index contributed by atoms with van der Waals surface area (Å²) in [6.45, 7) is 12.6. The van der Waals surface area contributed by atoms with E-state index in [1.54, 1.807) is 0 Å². The molecular weight excluding hydrogens is 390 g/mol. The maximum absolute atomic E-state index is 6.00. The molecule has 30 heavy (non-hydrogen) atoms. The summed E-state index contributed by atoms with van der Waals surface area (Å²) in [7, 11) is 0. The number of fused-ring (bicyclic) bond motifs is 1. The third kappa shape index (κ3) is 4.43. The van der Waals surface area contributed by atoms with E-state index >= 15 is 0 Å². The minimum atomic E-state index is -0.0316. The number of pyridine rings is 2. The van der Waals surface area contributed by atoms with Crippen LogP contribution in [0.15, 0.2) is 42.7 Å². The summed E-state index contributed by atoms with van der Waals surface area (Å²) < 4.78 is 6.00. The number of nitrogens with zero attached hydrogens (tertiary/aromatic N) is 3. The van der Waals surface area contributed by atoms with E-state index in [4.69, 9.17) is 4.74 Å². The number of likely N-dealkylation sites (tertiary alicyclic amines) is 1. The predicted octanol–water partition coefficient (Wildman–Crippen LogP) is 5.60. The van der Waals surface area contributed by atoms with Crippen molar-refractivity contribution in [2.75, 3.05) is 26.3 Å². The number of aromatic nitrogens is 2. The topological polar surface area (TPSA) is 38.2 Å². The van der Waals surface area contributed by atoms with Crippen molar-refractivity contribution in [3.63, 3.8) is 0 Å². The van der Waals surface area contributed by atoms with Crippen LogP contribution in [0.25, 0.3) is 10.2 Å². The Morgan fingerprint density at radius 3 is 2.83 bits per heavy atom. The zero-order valence-electron chi connectivity index (χ0n) is 18.6. The summed E-state index contributed by atoms with van der Waals surface area (Å²) in [4.78, 5) is 14.3. The molecule has 0 aliphatic carbocycles. The summed E-state index contributed by atoms with van der Waals surface area (Å²) in [6.07, 6.45) is 7.35. The largest absolute Gasteiger partial charge is 0.381 e. The molecule has 3 aromatic heterocycles. The van der Waals surface area contributed by atoms with Crippen LogP contribution >= 0.6 is 11.3 Å². The molecule has 1 aliphatic rings. The minimum absolute atomic E-state index is 0.0316. The quantitative estimate of drug-likeness (QED) is 0.473. The van der Waals surface area contributed by atoms with Crippen molar-refractivity contribution in [2.24, 2.45) is 5.41 Å². The average molecular weight is 424 g/mol. The summed E-state index contributed by atoms with van der Waals surface area (Å²) in [5.41, 5.74) is 2.53. The van der Waals surface area contributed by atoms with Crippen molar-refractivity contribution < 1.29 is 4.74 Å². The van der Waals surface area contributed by atoms with Gasteiger partial charge in [0.25, 0.3) is 0 Å². The van der Waals surface area contributed by atoms with Crippen LogP contribution in [0.2, 0.25) is 0 Å².